The van der Waals surface area contributed by atoms with Gasteiger partial charge in [0.1, 0.15) is 42.2 Å². The fraction of sp³-hybridized carbons (Fsp3) is 0.676. The Kier molecular flexibility index (Phi) is 20.3. The van der Waals surface area contributed by atoms with Crippen LogP contribution >= 0.6 is 11.8 Å². The third-order valence-corrected chi connectivity index (χ3v) is 9.48. The summed E-state index contributed by atoms with van der Waals surface area (Å²) in [6.45, 7) is 7.99. The summed E-state index contributed by atoms with van der Waals surface area (Å²) in [5.74, 6) is -3.31. The molecule has 1 heterocycles. The molecule has 7 atom stereocenters. The zero-order chi connectivity index (χ0) is 40.4. The highest BCUT2D eigenvalue weighted by Crippen LogP contribution is 2.20. The van der Waals surface area contributed by atoms with E-state index >= 15 is 0 Å². The van der Waals surface area contributed by atoms with Gasteiger partial charge < -0.3 is 53.0 Å². The molecule has 1 aromatic rings. The average molecular weight is 780 g/mol. The molecule has 0 spiro atoms. The Hall–Kier alpha value is -3.93. The number of hydrogen-bond acceptors (Lipinski definition) is 11. The molecule has 1 saturated heterocycles. The van der Waals surface area contributed by atoms with Crippen molar-refractivity contribution >= 4 is 47.3 Å². The van der Waals surface area contributed by atoms with Gasteiger partial charge in [-0.05, 0) is 99.5 Å². The number of rotatable bonds is 24. The quantitative estimate of drug-likeness (QED) is 0.0663. The van der Waals surface area contributed by atoms with Gasteiger partial charge in [-0.25, -0.2) is 4.79 Å². The number of nitrogens with one attached hydrogen (secondary N) is 5. The third-order valence-electron chi connectivity index (χ3n) is 8.83. The van der Waals surface area contributed by atoms with Crippen molar-refractivity contribution in [2.45, 2.75) is 128 Å². The van der Waals surface area contributed by atoms with Gasteiger partial charge in [-0.3, -0.25) is 24.0 Å². The molecule has 1 aliphatic rings. The van der Waals surface area contributed by atoms with E-state index in [1.807, 2.05) is 34.0 Å². The second kappa shape index (κ2) is 23.8. The second-order valence-corrected chi connectivity index (χ2v) is 15.6. The molecule has 54 heavy (non-hydrogen) atoms. The first-order valence-corrected chi connectivity index (χ1v) is 20.1. The van der Waals surface area contributed by atoms with Gasteiger partial charge >= 0.3 is 5.97 Å². The molecule has 5 amide bonds. The topological polar surface area (TPSA) is 264 Å². The predicted molar refractivity (Wildman–Crippen MR) is 206 cm³/mol. The van der Waals surface area contributed by atoms with E-state index in [0.29, 0.717) is 50.0 Å². The molecule has 17 heteroatoms. The monoisotopic (exact) mass is 779 g/mol. The van der Waals surface area contributed by atoms with Crippen LogP contribution in [-0.4, -0.2) is 107 Å². The largest absolute Gasteiger partial charge is 0.508 e. The molecule has 2 rings (SSSR count). The van der Waals surface area contributed by atoms with Crippen LogP contribution in [0, 0.1) is 11.8 Å². The molecular weight excluding hydrogens is 719 g/mol. The van der Waals surface area contributed by atoms with Gasteiger partial charge in [0.15, 0.2) is 0 Å². The summed E-state index contributed by atoms with van der Waals surface area (Å²) in [6, 6.07) is 0.992. The van der Waals surface area contributed by atoms with Crippen molar-refractivity contribution < 1.29 is 43.7 Å². The van der Waals surface area contributed by atoms with Gasteiger partial charge in [0, 0.05) is 6.42 Å². The highest BCUT2D eigenvalue weighted by molar-refractivity contribution is 7.98. The van der Waals surface area contributed by atoms with Gasteiger partial charge in [-0.2, -0.15) is 11.8 Å². The number of carbonyl (C=O) groups excluding carboxylic acids is 5. The highest BCUT2D eigenvalue weighted by atomic mass is 32.2. The number of benzene rings is 1. The van der Waals surface area contributed by atoms with Crippen molar-refractivity contribution in [3.8, 4) is 5.75 Å². The summed E-state index contributed by atoms with van der Waals surface area (Å²) in [5, 5.41) is 33.0. The lowest BCUT2D eigenvalue weighted by atomic mass is 10.00. The van der Waals surface area contributed by atoms with E-state index in [-0.39, 0.29) is 43.3 Å². The van der Waals surface area contributed by atoms with E-state index in [2.05, 4.69) is 26.6 Å². The van der Waals surface area contributed by atoms with Crippen LogP contribution in [-0.2, 0) is 39.9 Å². The lowest BCUT2D eigenvalue weighted by molar-refractivity contribution is -0.142. The smallest absolute Gasteiger partial charge is 0.326 e. The van der Waals surface area contributed by atoms with Gasteiger partial charge in [0.25, 0.3) is 0 Å². The van der Waals surface area contributed by atoms with Gasteiger partial charge in [-0.1, -0.05) is 39.8 Å². The number of aliphatic carboxylic acids is 1. The first-order chi connectivity index (χ1) is 25.5. The Morgan fingerprint density at radius 1 is 0.796 bits per heavy atom. The first-order valence-electron chi connectivity index (χ1n) is 18.7. The molecule has 11 N–H and O–H groups in total. The molecule has 0 saturated carbocycles. The number of hydrogen-bond donors (Lipinski definition) is 9. The Bertz CT molecular complexity index is 1380. The number of phenols is 1. The maximum Gasteiger partial charge on any atom is 0.326 e. The van der Waals surface area contributed by atoms with Crippen LogP contribution in [0.4, 0.5) is 0 Å². The van der Waals surface area contributed by atoms with Gasteiger partial charge in [0.05, 0.1) is 6.04 Å². The minimum absolute atomic E-state index is 0.00659. The van der Waals surface area contributed by atoms with Crippen molar-refractivity contribution in [2.75, 3.05) is 18.6 Å². The van der Waals surface area contributed by atoms with E-state index in [9.17, 15) is 39.0 Å². The van der Waals surface area contributed by atoms with Crippen LogP contribution in [0.15, 0.2) is 24.3 Å². The molecule has 1 aliphatic heterocycles. The van der Waals surface area contributed by atoms with Crippen LogP contribution in [0.3, 0.4) is 0 Å². The molecule has 0 aliphatic carbocycles. The van der Waals surface area contributed by atoms with Crippen molar-refractivity contribution in [3.05, 3.63) is 29.8 Å². The Morgan fingerprint density at radius 2 is 1.41 bits per heavy atom. The van der Waals surface area contributed by atoms with E-state index < -0.39 is 78.0 Å². The number of ether oxygens (including phenoxy) is 1. The van der Waals surface area contributed by atoms with E-state index in [1.54, 1.807) is 12.1 Å². The van der Waals surface area contributed by atoms with Crippen molar-refractivity contribution in [2.24, 2.45) is 23.3 Å². The number of thioether (sulfide) groups is 1. The Morgan fingerprint density at radius 3 is 2.00 bits per heavy atom. The maximum absolute atomic E-state index is 13.8. The molecular formula is C37H61N7O9S. The van der Waals surface area contributed by atoms with E-state index in [1.165, 1.54) is 23.9 Å². The fourth-order valence-corrected chi connectivity index (χ4v) is 6.40. The molecule has 16 nitrogen and oxygen atoms in total. The summed E-state index contributed by atoms with van der Waals surface area (Å²) >= 11 is 1.52. The number of aromatic hydroxyl groups is 1. The predicted octanol–water partition coefficient (Wildman–Crippen LogP) is 0.881. The molecule has 0 aromatic heterocycles. The summed E-state index contributed by atoms with van der Waals surface area (Å²) in [4.78, 5) is 78.6. The average Bonchev–Trinajstić information content (AvgIpc) is 3.57. The normalized spacial score (nSPS) is 18.2. The fourth-order valence-electron chi connectivity index (χ4n) is 5.93. The summed E-state index contributed by atoms with van der Waals surface area (Å²) in [5.41, 5.74) is 12.2. The van der Waals surface area contributed by atoms with Crippen LogP contribution in [0.1, 0.15) is 84.6 Å². The molecule has 0 unspecified atom stereocenters. The van der Waals surface area contributed by atoms with Crippen LogP contribution in [0.5, 0.6) is 5.75 Å². The van der Waals surface area contributed by atoms with E-state index in [4.69, 9.17) is 16.2 Å². The third kappa shape index (κ3) is 16.6. The number of unbranched alkanes of at least 4 members (excludes halogenated alkanes) is 1. The summed E-state index contributed by atoms with van der Waals surface area (Å²) < 4.78 is 5.90. The van der Waals surface area contributed by atoms with Crippen molar-refractivity contribution in [1.29, 1.82) is 0 Å². The molecule has 304 valence electrons. The summed E-state index contributed by atoms with van der Waals surface area (Å²) in [6.07, 6.45) is 2.82. The zero-order valence-corrected chi connectivity index (χ0v) is 32.9. The lowest BCUT2D eigenvalue weighted by Crippen LogP contribution is -2.57. The van der Waals surface area contributed by atoms with Crippen molar-refractivity contribution in [1.82, 2.24) is 26.6 Å². The highest BCUT2D eigenvalue weighted by Gasteiger charge is 2.36. The molecule has 0 bridgehead atoms. The minimum Gasteiger partial charge on any atom is -0.508 e. The SMILES string of the molecule is CSCC[C@H](NC(=O)[C@@H](N)CC(C)C)C(=O)N[C@H]1CC[C@@H](C(=O)N[C@@H](Cc2ccc(O)cc2)C(=O)N[C@@H](CC(C)C)C(=O)N[C@@H](CCCCN)C(=O)O)O1. The number of amides is 5. The molecule has 1 aromatic carbocycles. The van der Waals surface area contributed by atoms with Crippen molar-refractivity contribution in [3.63, 3.8) is 0 Å². The number of carboxylic acid groups (broad SMARTS) is 1. The first kappa shape index (κ1) is 46.2. The second-order valence-electron chi connectivity index (χ2n) is 14.6. The number of carboxylic acids is 1. The minimum atomic E-state index is -1.20. The Balaban J connectivity index is 2.18. The van der Waals surface area contributed by atoms with Crippen LogP contribution < -0.4 is 38.1 Å². The van der Waals surface area contributed by atoms with Crippen LogP contribution in [0.2, 0.25) is 0 Å². The zero-order valence-electron chi connectivity index (χ0n) is 32.1. The molecule has 1 fully saturated rings. The Labute approximate surface area is 322 Å². The standard InChI is InChI=1S/C37H61N7O9S/c1-21(2)18-25(39)32(46)40-26(15-17-54-5)33(47)44-31-14-13-30(53-31)36(50)43-29(20-23-9-11-24(45)12-10-23)35(49)42-28(19-22(3)4)34(48)41-27(37(51)52)8-6-7-16-38/h9-12,21-22,25-31,45H,6-8,13-20,38-39H2,1-5H3,(H,40,46)(H,41,48)(H,42,49)(H,43,50)(H,44,47)(H,51,52)/t25-,26-,27-,28-,29-,30-,31+/m0/s1. The number of carbonyl (C=O) groups is 6. The summed E-state index contributed by atoms with van der Waals surface area (Å²) in [7, 11) is 0. The maximum atomic E-state index is 13.8. The van der Waals surface area contributed by atoms with Gasteiger partial charge in [-0.15, -0.1) is 0 Å². The number of nitrogens with two attached hydrogens (primary N) is 2. The van der Waals surface area contributed by atoms with Gasteiger partial charge in [0.2, 0.25) is 29.5 Å². The molecule has 0 radical (unpaired) electrons. The number of phenolic OH excluding ortho intramolecular Hbond substituents is 1. The lowest BCUT2D eigenvalue weighted by Gasteiger charge is -2.26. The van der Waals surface area contributed by atoms with Crippen LogP contribution in [0.25, 0.3) is 0 Å². The van der Waals surface area contributed by atoms with E-state index in [0.717, 1.165) is 0 Å².